The SMILES string of the molecule is CCCC(CNC1CC1)OCC. The van der Waals surface area contributed by atoms with E-state index in [0.717, 1.165) is 19.2 Å². The lowest BCUT2D eigenvalue weighted by Crippen LogP contribution is -2.30. The molecule has 0 aromatic carbocycles. The van der Waals surface area contributed by atoms with E-state index in [4.69, 9.17) is 4.74 Å². The van der Waals surface area contributed by atoms with Crippen molar-refractivity contribution in [3.8, 4) is 0 Å². The molecule has 0 radical (unpaired) electrons. The third-order valence-corrected chi connectivity index (χ3v) is 2.22. The molecule has 0 saturated heterocycles. The van der Waals surface area contributed by atoms with E-state index in [2.05, 4.69) is 19.2 Å². The Morgan fingerprint density at radius 3 is 2.67 bits per heavy atom. The van der Waals surface area contributed by atoms with Gasteiger partial charge in [0.2, 0.25) is 0 Å². The van der Waals surface area contributed by atoms with E-state index in [1.165, 1.54) is 25.7 Å². The third kappa shape index (κ3) is 4.07. The summed E-state index contributed by atoms with van der Waals surface area (Å²) < 4.78 is 5.60. The smallest absolute Gasteiger partial charge is 0.0699 e. The summed E-state index contributed by atoms with van der Waals surface area (Å²) in [5, 5.41) is 3.50. The molecule has 1 aliphatic rings. The van der Waals surface area contributed by atoms with E-state index in [1.807, 2.05) is 0 Å². The van der Waals surface area contributed by atoms with Crippen LogP contribution < -0.4 is 5.32 Å². The van der Waals surface area contributed by atoms with E-state index in [-0.39, 0.29) is 0 Å². The number of hydrogen-bond acceptors (Lipinski definition) is 2. The molecule has 1 saturated carbocycles. The first-order valence-corrected chi connectivity index (χ1v) is 5.21. The van der Waals surface area contributed by atoms with Crippen LogP contribution in [0.4, 0.5) is 0 Å². The third-order valence-electron chi connectivity index (χ3n) is 2.22. The van der Waals surface area contributed by atoms with Gasteiger partial charge in [0, 0.05) is 19.2 Å². The molecular weight excluding hydrogens is 150 g/mol. The van der Waals surface area contributed by atoms with Gasteiger partial charge in [-0.3, -0.25) is 0 Å². The van der Waals surface area contributed by atoms with Gasteiger partial charge in [-0.1, -0.05) is 13.3 Å². The molecule has 72 valence electrons. The van der Waals surface area contributed by atoms with Gasteiger partial charge in [0.15, 0.2) is 0 Å². The molecule has 1 atom stereocenters. The second kappa shape index (κ2) is 5.55. The minimum absolute atomic E-state index is 0.445. The fraction of sp³-hybridized carbons (Fsp3) is 1.00. The highest BCUT2D eigenvalue weighted by molar-refractivity contribution is 4.81. The van der Waals surface area contributed by atoms with Gasteiger partial charge in [0.25, 0.3) is 0 Å². The molecule has 1 aliphatic carbocycles. The summed E-state index contributed by atoms with van der Waals surface area (Å²) in [6, 6.07) is 0.810. The number of ether oxygens (including phenoxy) is 1. The summed E-state index contributed by atoms with van der Waals surface area (Å²) in [5.74, 6) is 0. The van der Waals surface area contributed by atoms with Crippen LogP contribution >= 0.6 is 0 Å². The first-order valence-electron chi connectivity index (χ1n) is 5.21. The molecule has 1 unspecified atom stereocenters. The lowest BCUT2D eigenvalue weighted by molar-refractivity contribution is 0.0560. The standard InChI is InChI=1S/C10H21NO/c1-3-5-10(12-4-2)8-11-9-6-7-9/h9-11H,3-8H2,1-2H3. The van der Waals surface area contributed by atoms with Crippen molar-refractivity contribution in [3.63, 3.8) is 0 Å². The largest absolute Gasteiger partial charge is 0.377 e. The van der Waals surface area contributed by atoms with Crippen molar-refractivity contribution in [2.24, 2.45) is 0 Å². The number of nitrogens with one attached hydrogen (secondary N) is 1. The highest BCUT2D eigenvalue weighted by Crippen LogP contribution is 2.18. The Morgan fingerprint density at radius 2 is 2.17 bits per heavy atom. The van der Waals surface area contributed by atoms with Crippen molar-refractivity contribution in [1.29, 1.82) is 0 Å². The fourth-order valence-corrected chi connectivity index (χ4v) is 1.39. The summed E-state index contributed by atoms with van der Waals surface area (Å²) in [7, 11) is 0. The van der Waals surface area contributed by atoms with Crippen LogP contribution in [0.25, 0.3) is 0 Å². The minimum atomic E-state index is 0.445. The predicted molar refractivity (Wildman–Crippen MR) is 51.3 cm³/mol. The molecule has 0 bridgehead atoms. The molecule has 0 spiro atoms. The number of rotatable bonds is 7. The summed E-state index contributed by atoms with van der Waals surface area (Å²) in [4.78, 5) is 0. The Kier molecular flexibility index (Phi) is 4.62. The summed E-state index contributed by atoms with van der Waals surface area (Å²) in [6.07, 6.45) is 5.58. The molecule has 0 aromatic heterocycles. The van der Waals surface area contributed by atoms with E-state index in [1.54, 1.807) is 0 Å². The van der Waals surface area contributed by atoms with Crippen LogP contribution in [0.15, 0.2) is 0 Å². The van der Waals surface area contributed by atoms with Crippen LogP contribution in [0.2, 0.25) is 0 Å². The molecule has 12 heavy (non-hydrogen) atoms. The quantitative estimate of drug-likeness (QED) is 0.632. The van der Waals surface area contributed by atoms with E-state index < -0.39 is 0 Å². The fourth-order valence-electron chi connectivity index (χ4n) is 1.39. The van der Waals surface area contributed by atoms with Crippen molar-refractivity contribution < 1.29 is 4.74 Å². The van der Waals surface area contributed by atoms with Gasteiger partial charge < -0.3 is 10.1 Å². The van der Waals surface area contributed by atoms with Crippen molar-refractivity contribution in [2.45, 2.75) is 51.7 Å². The lowest BCUT2D eigenvalue weighted by Gasteiger charge is -2.16. The molecule has 0 heterocycles. The molecule has 0 amide bonds. The Labute approximate surface area is 75.7 Å². The molecule has 0 aliphatic heterocycles. The maximum Gasteiger partial charge on any atom is 0.0699 e. The van der Waals surface area contributed by atoms with Crippen LogP contribution in [-0.2, 0) is 4.74 Å². The zero-order valence-corrected chi connectivity index (χ0v) is 8.31. The Hall–Kier alpha value is -0.0800. The van der Waals surface area contributed by atoms with Crippen LogP contribution in [0.1, 0.15) is 39.5 Å². The summed E-state index contributed by atoms with van der Waals surface area (Å²) in [6.45, 7) is 6.17. The van der Waals surface area contributed by atoms with Gasteiger partial charge in [0.1, 0.15) is 0 Å². The van der Waals surface area contributed by atoms with Gasteiger partial charge in [-0.15, -0.1) is 0 Å². The van der Waals surface area contributed by atoms with E-state index in [9.17, 15) is 0 Å². The first-order chi connectivity index (χ1) is 5.86. The normalized spacial score (nSPS) is 19.5. The second-order valence-electron chi connectivity index (χ2n) is 3.55. The van der Waals surface area contributed by atoms with Crippen LogP contribution in [-0.4, -0.2) is 25.3 Å². The van der Waals surface area contributed by atoms with Crippen LogP contribution in [0, 0.1) is 0 Å². The second-order valence-corrected chi connectivity index (χ2v) is 3.55. The Morgan fingerprint density at radius 1 is 1.42 bits per heavy atom. The van der Waals surface area contributed by atoms with Gasteiger partial charge in [-0.05, 0) is 26.2 Å². The van der Waals surface area contributed by atoms with Crippen molar-refractivity contribution in [1.82, 2.24) is 5.32 Å². The summed E-state index contributed by atoms with van der Waals surface area (Å²) >= 11 is 0. The average Bonchev–Trinajstić information content (AvgIpc) is 2.84. The number of hydrogen-bond donors (Lipinski definition) is 1. The van der Waals surface area contributed by atoms with Crippen molar-refractivity contribution in [2.75, 3.05) is 13.2 Å². The lowest BCUT2D eigenvalue weighted by atomic mass is 10.2. The Balaban J connectivity index is 2.03. The van der Waals surface area contributed by atoms with Crippen LogP contribution in [0.5, 0.6) is 0 Å². The topological polar surface area (TPSA) is 21.3 Å². The molecule has 0 aromatic rings. The van der Waals surface area contributed by atoms with Crippen molar-refractivity contribution in [3.05, 3.63) is 0 Å². The minimum Gasteiger partial charge on any atom is -0.377 e. The molecule has 1 N–H and O–H groups in total. The van der Waals surface area contributed by atoms with Gasteiger partial charge in [0.05, 0.1) is 6.10 Å². The molecule has 2 nitrogen and oxygen atoms in total. The maximum absolute atomic E-state index is 5.60. The Bertz CT molecular complexity index is 106. The molecular formula is C10H21NO. The molecule has 1 fully saturated rings. The highest BCUT2D eigenvalue weighted by Gasteiger charge is 2.21. The summed E-state index contributed by atoms with van der Waals surface area (Å²) in [5.41, 5.74) is 0. The van der Waals surface area contributed by atoms with E-state index in [0.29, 0.717) is 6.10 Å². The predicted octanol–water partition coefficient (Wildman–Crippen LogP) is 1.94. The van der Waals surface area contributed by atoms with Crippen LogP contribution in [0.3, 0.4) is 0 Å². The van der Waals surface area contributed by atoms with Gasteiger partial charge in [-0.2, -0.15) is 0 Å². The molecule has 2 heteroatoms. The zero-order chi connectivity index (χ0) is 8.81. The maximum atomic E-state index is 5.60. The average molecular weight is 171 g/mol. The van der Waals surface area contributed by atoms with Gasteiger partial charge >= 0.3 is 0 Å². The zero-order valence-electron chi connectivity index (χ0n) is 8.31. The van der Waals surface area contributed by atoms with Crippen molar-refractivity contribution >= 4 is 0 Å². The molecule has 1 rings (SSSR count). The van der Waals surface area contributed by atoms with Gasteiger partial charge in [-0.25, -0.2) is 0 Å². The highest BCUT2D eigenvalue weighted by atomic mass is 16.5. The van der Waals surface area contributed by atoms with E-state index >= 15 is 0 Å². The first kappa shape index (κ1) is 10.0. The monoisotopic (exact) mass is 171 g/mol.